The molecule has 2 heterocycles. The molecule has 3 aromatic rings. The number of aliphatic imine (C=N–C) groups is 1. The quantitative estimate of drug-likeness (QED) is 0.435. The summed E-state index contributed by atoms with van der Waals surface area (Å²) in [6.07, 6.45) is 2.63. The number of rotatable bonds is 8. The molecule has 7 heteroatoms. The van der Waals surface area contributed by atoms with Crippen molar-refractivity contribution in [2.24, 2.45) is 4.99 Å². The highest BCUT2D eigenvalue weighted by molar-refractivity contribution is 6.01. The van der Waals surface area contributed by atoms with Crippen LogP contribution < -0.4 is 10.3 Å². The van der Waals surface area contributed by atoms with Gasteiger partial charge in [0.05, 0.1) is 32.4 Å². The van der Waals surface area contributed by atoms with Gasteiger partial charge in [0.1, 0.15) is 5.75 Å². The molecule has 0 amide bonds. The van der Waals surface area contributed by atoms with Crippen LogP contribution >= 0.6 is 0 Å². The SMILES string of the molecule is COc1ccc(Cn2c(O)c(C=NCCCN3CCOCC3)c3ccccc3c2=O)cc1. The zero-order valence-corrected chi connectivity index (χ0v) is 18.4. The largest absolute Gasteiger partial charge is 0.497 e. The minimum atomic E-state index is -0.224. The van der Waals surface area contributed by atoms with Crippen LogP contribution in [0.2, 0.25) is 0 Å². The van der Waals surface area contributed by atoms with E-state index >= 15 is 0 Å². The topological polar surface area (TPSA) is 76.3 Å². The molecule has 2 aromatic carbocycles. The molecule has 0 spiro atoms. The number of aromatic hydroxyl groups is 1. The third kappa shape index (κ3) is 5.00. The fraction of sp³-hybridized carbons (Fsp3) is 0.360. The van der Waals surface area contributed by atoms with Gasteiger partial charge in [-0.1, -0.05) is 30.3 Å². The van der Waals surface area contributed by atoms with Crippen LogP contribution in [0.1, 0.15) is 17.5 Å². The Balaban J connectivity index is 1.57. The van der Waals surface area contributed by atoms with E-state index in [1.54, 1.807) is 19.4 Å². The van der Waals surface area contributed by atoms with Gasteiger partial charge < -0.3 is 14.6 Å². The van der Waals surface area contributed by atoms with Gasteiger partial charge in [-0.3, -0.25) is 19.3 Å². The third-order valence-corrected chi connectivity index (χ3v) is 5.77. The normalized spacial score (nSPS) is 14.9. The van der Waals surface area contributed by atoms with Gasteiger partial charge in [0.25, 0.3) is 5.56 Å². The molecule has 0 atom stereocenters. The number of aromatic nitrogens is 1. The van der Waals surface area contributed by atoms with Crippen molar-refractivity contribution in [3.05, 3.63) is 70.0 Å². The van der Waals surface area contributed by atoms with Gasteiger partial charge in [-0.2, -0.15) is 0 Å². The second-order valence-corrected chi connectivity index (χ2v) is 7.87. The van der Waals surface area contributed by atoms with E-state index in [9.17, 15) is 9.90 Å². The zero-order chi connectivity index (χ0) is 22.3. The summed E-state index contributed by atoms with van der Waals surface area (Å²) in [7, 11) is 1.61. The molecule has 4 rings (SSSR count). The molecule has 1 N–H and O–H groups in total. The van der Waals surface area contributed by atoms with Gasteiger partial charge in [-0.15, -0.1) is 0 Å². The predicted molar refractivity (Wildman–Crippen MR) is 126 cm³/mol. The molecule has 1 aromatic heterocycles. The number of nitrogens with zero attached hydrogens (tertiary/aromatic N) is 3. The van der Waals surface area contributed by atoms with E-state index in [0.29, 0.717) is 22.9 Å². The van der Waals surface area contributed by atoms with Gasteiger partial charge in [0.2, 0.25) is 5.88 Å². The zero-order valence-electron chi connectivity index (χ0n) is 18.4. The summed E-state index contributed by atoms with van der Waals surface area (Å²) in [5.74, 6) is 0.676. The number of fused-ring (bicyclic) bond motifs is 1. The van der Waals surface area contributed by atoms with Crippen molar-refractivity contribution >= 4 is 17.0 Å². The summed E-state index contributed by atoms with van der Waals surface area (Å²) in [6, 6.07) is 14.8. The Morgan fingerprint density at radius 1 is 1.09 bits per heavy atom. The second kappa shape index (κ2) is 10.4. The number of benzene rings is 2. The molecule has 0 aliphatic carbocycles. The number of morpholine rings is 1. The summed E-state index contributed by atoms with van der Waals surface area (Å²) < 4.78 is 12.0. The van der Waals surface area contributed by atoms with Crippen molar-refractivity contribution in [1.29, 1.82) is 0 Å². The molecule has 1 fully saturated rings. The van der Waals surface area contributed by atoms with E-state index in [0.717, 1.165) is 50.6 Å². The lowest BCUT2D eigenvalue weighted by Crippen LogP contribution is -2.37. The minimum absolute atomic E-state index is 0.0681. The van der Waals surface area contributed by atoms with Crippen LogP contribution in [0.15, 0.2) is 58.3 Å². The number of ether oxygens (including phenoxy) is 2. The van der Waals surface area contributed by atoms with Crippen molar-refractivity contribution in [2.75, 3.05) is 46.5 Å². The Kier molecular flexibility index (Phi) is 7.19. The molecule has 0 radical (unpaired) electrons. The van der Waals surface area contributed by atoms with Crippen LogP contribution in [0.3, 0.4) is 0 Å². The van der Waals surface area contributed by atoms with Crippen LogP contribution in [-0.2, 0) is 11.3 Å². The highest BCUT2D eigenvalue weighted by atomic mass is 16.5. The molecule has 32 heavy (non-hydrogen) atoms. The molecule has 7 nitrogen and oxygen atoms in total. The third-order valence-electron chi connectivity index (χ3n) is 5.77. The monoisotopic (exact) mass is 435 g/mol. The summed E-state index contributed by atoms with van der Waals surface area (Å²) in [6.45, 7) is 5.40. The highest BCUT2D eigenvalue weighted by Crippen LogP contribution is 2.24. The Bertz CT molecular complexity index is 1130. The fourth-order valence-electron chi connectivity index (χ4n) is 3.97. The van der Waals surface area contributed by atoms with E-state index in [4.69, 9.17) is 9.47 Å². The molecule has 0 bridgehead atoms. The van der Waals surface area contributed by atoms with Crippen LogP contribution in [0.25, 0.3) is 10.8 Å². The summed E-state index contributed by atoms with van der Waals surface area (Å²) in [4.78, 5) is 20.0. The average molecular weight is 436 g/mol. The Morgan fingerprint density at radius 2 is 1.81 bits per heavy atom. The molecule has 0 unspecified atom stereocenters. The second-order valence-electron chi connectivity index (χ2n) is 7.87. The molecule has 1 aliphatic heterocycles. The number of hydrogen-bond acceptors (Lipinski definition) is 6. The van der Waals surface area contributed by atoms with E-state index in [2.05, 4.69) is 9.89 Å². The maximum Gasteiger partial charge on any atom is 0.261 e. The summed E-state index contributed by atoms with van der Waals surface area (Å²) in [5, 5.41) is 12.3. The van der Waals surface area contributed by atoms with Crippen molar-refractivity contribution in [3.8, 4) is 11.6 Å². The van der Waals surface area contributed by atoms with Crippen LogP contribution in [0.5, 0.6) is 11.6 Å². The molecule has 1 aliphatic rings. The van der Waals surface area contributed by atoms with Gasteiger partial charge in [-0.25, -0.2) is 0 Å². The highest BCUT2D eigenvalue weighted by Gasteiger charge is 2.15. The first-order valence-electron chi connectivity index (χ1n) is 10.9. The maximum atomic E-state index is 13.1. The lowest BCUT2D eigenvalue weighted by Gasteiger charge is -2.26. The predicted octanol–water partition coefficient (Wildman–Crippen LogP) is 2.91. The Hall–Kier alpha value is -3.16. The lowest BCUT2D eigenvalue weighted by molar-refractivity contribution is 0.0377. The smallest absolute Gasteiger partial charge is 0.261 e. The van der Waals surface area contributed by atoms with E-state index < -0.39 is 0 Å². The van der Waals surface area contributed by atoms with Crippen LogP contribution in [0, 0.1) is 0 Å². The fourth-order valence-corrected chi connectivity index (χ4v) is 3.97. The first-order chi connectivity index (χ1) is 15.7. The summed E-state index contributed by atoms with van der Waals surface area (Å²) in [5.41, 5.74) is 1.24. The number of pyridine rings is 1. The van der Waals surface area contributed by atoms with Gasteiger partial charge >= 0.3 is 0 Å². The molecule has 0 saturated carbocycles. The molecular weight excluding hydrogens is 406 g/mol. The average Bonchev–Trinajstić information content (AvgIpc) is 2.84. The molecule has 168 valence electrons. The van der Waals surface area contributed by atoms with Crippen molar-refractivity contribution in [1.82, 2.24) is 9.47 Å². The van der Waals surface area contributed by atoms with E-state index in [1.165, 1.54) is 4.57 Å². The van der Waals surface area contributed by atoms with Crippen molar-refractivity contribution < 1.29 is 14.6 Å². The first-order valence-corrected chi connectivity index (χ1v) is 10.9. The van der Waals surface area contributed by atoms with Gasteiger partial charge in [-0.05, 0) is 30.2 Å². The van der Waals surface area contributed by atoms with Crippen LogP contribution in [0.4, 0.5) is 0 Å². The standard InChI is InChI=1S/C25H29N3O4/c1-31-20-9-7-19(8-10-20)18-28-24(29)22-6-3-2-5-21(22)23(25(28)30)17-26-11-4-12-27-13-15-32-16-14-27/h2-3,5-10,17,30H,4,11-16,18H2,1H3. The van der Waals surface area contributed by atoms with Crippen molar-refractivity contribution in [2.45, 2.75) is 13.0 Å². The summed E-state index contributed by atoms with van der Waals surface area (Å²) >= 11 is 0. The van der Waals surface area contributed by atoms with Crippen molar-refractivity contribution in [3.63, 3.8) is 0 Å². The maximum absolute atomic E-state index is 13.1. The van der Waals surface area contributed by atoms with Gasteiger partial charge in [0.15, 0.2) is 0 Å². The lowest BCUT2D eigenvalue weighted by atomic mass is 10.1. The Labute approximate surface area is 187 Å². The van der Waals surface area contributed by atoms with E-state index in [1.807, 2.05) is 42.5 Å². The van der Waals surface area contributed by atoms with Gasteiger partial charge in [0, 0.05) is 43.2 Å². The first kappa shape index (κ1) is 22.0. The van der Waals surface area contributed by atoms with E-state index in [-0.39, 0.29) is 18.0 Å². The minimum Gasteiger partial charge on any atom is -0.497 e. The Morgan fingerprint density at radius 3 is 2.53 bits per heavy atom. The molecular formula is C25H29N3O4. The number of hydrogen-bond donors (Lipinski definition) is 1. The molecule has 1 saturated heterocycles. The number of methoxy groups -OCH3 is 1. The van der Waals surface area contributed by atoms with Crippen LogP contribution in [-0.4, -0.2) is 67.3 Å².